The summed E-state index contributed by atoms with van der Waals surface area (Å²) in [5.41, 5.74) is -4.90. The minimum atomic E-state index is -4.40. The van der Waals surface area contributed by atoms with Gasteiger partial charge < -0.3 is 16.0 Å². The number of allylic oxidation sites excluding steroid dienone is 1. The summed E-state index contributed by atoms with van der Waals surface area (Å²) in [5, 5.41) is 8.09. The molecule has 0 aromatic heterocycles. The lowest BCUT2D eigenvalue weighted by Crippen LogP contribution is -2.68. The molecule has 0 bridgehead atoms. The number of thioether (sulfide) groups is 1. The zero-order chi connectivity index (χ0) is 20.2. The predicted octanol–water partition coefficient (Wildman–Crippen LogP) is 2.84. The van der Waals surface area contributed by atoms with Gasteiger partial charge in [0.25, 0.3) is 5.91 Å². The Labute approximate surface area is 158 Å². The van der Waals surface area contributed by atoms with Crippen molar-refractivity contribution in [1.29, 1.82) is 0 Å². The number of halogens is 3. The molecule has 1 aliphatic heterocycles. The van der Waals surface area contributed by atoms with Crippen LogP contribution >= 0.6 is 11.8 Å². The van der Waals surface area contributed by atoms with Gasteiger partial charge >= 0.3 is 5.51 Å². The first kappa shape index (κ1) is 20.8. The summed E-state index contributed by atoms with van der Waals surface area (Å²) < 4.78 is 37.7. The van der Waals surface area contributed by atoms with Gasteiger partial charge in [-0.1, -0.05) is 12.1 Å². The number of hydrogen-bond donors (Lipinski definition) is 3. The van der Waals surface area contributed by atoms with Gasteiger partial charge in [0, 0.05) is 23.7 Å². The molecular formula is C17H19F3N4O2S. The van der Waals surface area contributed by atoms with Gasteiger partial charge in [-0.25, -0.2) is 0 Å². The van der Waals surface area contributed by atoms with Crippen LogP contribution in [0.15, 0.2) is 46.1 Å². The van der Waals surface area contributed by atoms with E-state index in [0.29, 0.717) is 11.3 Å². The quantitative estimate of drug-likeness (QED) is 0.664. The molecule has 10 heteroatoms. The van der Waals surface area contributed by atoms with Gasteiger partial charge in [0.15, 0.2) is 0 Å². The lowest BCUT2D eigenvalue weighted by atomic mass is 10.1. The van der Waals surface area contributed by atoms with Gasteiger partial charge in [-0.2, -0.15) is 13.2 Å². The average molecular weight is 400 g/mol. The summed E-state index contributed by atoms with van der Waals surface area (Å²) >= 11 is -0.223. The highest BCUT2D eigenvalue weighted by atomic mass is 32.2. The van der Waals surface area contributed by atoms with E-state index in [1.807, 2.05) is 0 Å². The smallest absolute Gasteiger partial charge is 0.353 e. The summed E-state index contributed by atoms with van der Waals surface area (Å²) in [7, 11) is 0. The van der Waals surface area contributed by atoms with Crippen molar-refractivity contribution in [1.82, 2.24) is 16.0 Å². The molecule has 0 aliphatic carbocycles. The van der Waals surface area contributed by atoms with Crippen LogP contribution in [-0.2, 0) is 9.59 Å². The molecule has 1 aliphatic rings. The Bertz CT molecular complexity index is 791. The van der Waals surface area contributed by atoms with Crippen molar-refractivity contribution in [2.45, 2.75) is 42.9 Å². The number of carbonyl (C=O) groups excluding carboxylic acids is 2. The molecule has 6 nitrogen and oxygen atoms in total. The third kappa shape index (κ3) is 5.75. The molecule has 2 rings (SSSR count). The van der Waals surface area contributed by atoms with E-state index in [0.717, 1.165) is 0 Å². The minimum absolute atomic E-state index is 0.0220. The highest BCUT2D eigenvalue weighted by molar-refractivity contribution is 8.00. The van der Waals surface area contributed by atoms with Crippen LogP contribution in [0.3, 0.4) is 0 Å². The molecule has 1 aromatic carbocycles. The molecule has 27 heavy (non-hydrogen) atoms. The largest absolute Gasteiger partial charge is 0.446 e. The van der Waals surface area contributed by atoms with Crippen molar-refractivity contribution in [3.63, 3.8) is 0 Å². The number of alkyl halides is 3. The second kappa shape index (κ2) is 8.03. The fourth-order valence-electron chi connectivity index (χ4n) is 2.52. The minimum Gasteiger partial charge on any atom is -0.353 e. The molecule has 0 saturated heterocycles. The monoisotopic (exact) mass is 400 g/mol. The molecular weight excluding hydrogens is 381 g/mol. The van der Waals surface area contributed by atoms with E-state index in [-0.39, 0.29) is 16.7 Å². The van der Waals surface area contributed by atoms with Crippen molar-refractivity contribution >= 4 is 29.8 Å². The Morgan fingerprint density at radius 3 is 2.63 bits per heavy atom. The zero-order valence-corrected chi connectivity index (χ0v) is 15.7. The number of benzene rings is 1. The van der Waals surface area contributed by atoms with Crippen LogP contribution in [0.5, 0.6) is 0 Å². The maximum Gasteiger partial charge on any atom is 0.446 e. The lowest BCUT2D eigenvalue weighted by molar-refractivity contribution is -0.131. The number of amides is 2. The summed E-state index contributed by atoms with van der Waals surface area (Å²) in [6.07, 6.45) is 2.76. The van der Waals surface area contributed by atoms with Gasteiger partial charge in [0.2, 0.25) is 11.6 Å². The lowest BCUT2D eigenvalue weighted by Gasteiger charge is -2.34. The van der Waals surface area contributed by atoms with E-state index in [1.54, 1.807) is 19.9 Å². The third-order valence-electron chi connectivity index (χ3n) is 3.60. The molecule has 146 valence electrons. The SMILES string of the molecule is CC(=O)NC1(C(=O)NC(C)c2cccc(SC(F)(F)F)c2)C=NC=C(C)N1. The van der Waals surface area contributed by atoms with Crippen LogP contribution in [-0.4, -0.2) is 29.2 Å². The van der Waals surface area contributed by atoms with Gasteiger partial charge in [0.05, 0.1) is 12.3 Å². The van der Waals surface area contributed by atoms with E-state index in [4.69, 9.17) is 0 Å². The zero-order valence-electron chi connectivity index (χ0n) is 14.8. The van der Waals surface area contributed by atoms with E-state index in [9.17, 15) is 22.8 Å². The first-order valence-electron chi connectivity index (χ1n) is 7.95. The van der Waals surface area contributed by atoms with Crippen molar-refractivity contribution in [2.24, 2.45) is 4.99 Å². The van der Waals surface area contributed by atoms with Gasteiger partial charge in [-0.05, 0) is 43.3 Å². The summed E-state index contributed by atoms with van der Waals surface area (Å²) in [4.78, 5) is 28.3. The number of hydrogen-bond acceptors (Lipinski definition) is 5. The number of nitrogens with one attached hydrogen (secondary N) is 3. The van der Waals surface area contributed by atoms with Crippen LogP contribution in [0.2, 0.25) is 0 Å². The summed E-state index contributed by atoms with van der Waals surface area (Å²) in [6.45, 7) is 4.58. The van der Waals surface area contributed by atoms with Crippen molar-refractivity contribution in [3.8, 4) is 0 Å². The topological polar surface area (TPSA) is 82.6 Å². The molecule has 0 fully saturated rings. The van der Waals surface area contributed by atoms with Crippen LogP contribution in [0.25, 0.3) is 0 Å². The highest BCUT2D eigenvalue weighted by Crippen LogP contribution is 2.37. The molecule has 0 saturated carbocycles. The van der Waals surface area contributed by atoms with E-state index in [2.05, 4.69) is 20.9 Å². The molecule has 2 atom stereocenters. The van der Waals surface area contributed by atoms with Gasteiger partial charge in [-0.3, -0.25) is 14.6 Å². The number of nitrogens with zero attached hydrogens (tertiary/aromatic N) is 1. The fraction of sp³-hybridized carbons (Fsp3) is 0.353. The molecule has 2 unspecified atom stereocenters. The van der Waals surface area contributed by atoms with Crippen LogP contribution < -0.4 is 16.0 Å². The standard InChI is InChI=1S/C17H19F3N4O2S/c1-10-8-21-9-16(23-10,24-12(3)25)15(26)22-11(2)13-5-4-6-14(7-13)27-17(18,19)20/h4-9,11,23H,1-3H3,(H,22,26)(H,24,25). The van der Waals surface area contributed by atoms with Crippen LogP contribution in [0.1, 0.15) is 32.4 Å². The maximum atomic E-state index is 12.8. The van der Waals surface area contributed by atoms with Crippen LogP contribution in [0, 0.1) is 0 Å². The highest BCUT2D eigenvalue weighted by Gasteiger charge is 2.40. The molecule has 1 heterocycles. The predicted molar refractivity (Wildman–Crippen MR) is 96.8 cm³/mol. The second-order valence-corrected chi connectivity index (χ2v) is 7.16. The maximum absolute atomic E-state index is 12.8. The van der Waals surface area contributed by atoms with Crippen molar-refractivity contribution in [3.05, 3.63) is 41.7 Å². The van der Waals surface area contributed by atoms with E-state index in [1.165, 1.54) is 37.5 Å². The Balaban J connectivity index is 2.18. The van der Waals surface area contributed by atoms with E-state index < -0.39 is 29.0 Å². The number of aliphatic imine (C=N–C) groups is 1. The first-order chi connectivity index (χ1) is 12.5. The Morgan fingerprint density at radius 2 is 2.04 bits per heavy atom. The van der Waals surface area contributed by atoms with Crippen molar-refractivity contribution < 1.29 is 22.8 Å². The first-order valence-corrected chi connectivity index (χ1v) is 8.77. The molecule has 3 N–H and O–H groups in total. The molecule has 0 spiro atoms. The molecule has 0 radical (unpaired) electrons. The second-order valence-electron chi connectivity index (χ2n) is 6.02. The van der Waals surface area contributed by atoms with Crippen LogP contribution in [0.4, 0.5) is 13.2 Å². The van der Waals surface area contributed by atoms with Crippen molar-refractivity contribution in [2.75, 3.05) is 0 Å². The Hall–Kier alpha value is -2.49. The molecule has 1 aromatic rings. The molecule has 2 amide bonds. The fourth-order valence-corrected chi connectivity index (χ4v) is 3.13. The third-order valence-corrected chi connectivity index (χ3v) is 4.32. The van der Waals surface area contributed by atoms with E-state index >= 15 is 0 Å². The van der Waals surface area contributed by atoms with Gasteiger partial charge in [0.1, 0.15) is 0 Å². The summed E-state index contributed by atoms with van der Waals surface area (Å²) in [6, 6.07) is 5.21. The Morgan fingerprint density at radius 1 is 1.33 bits per heavy atom. The average Bonchev–Trinajstić information content (AvgIpc) is 2.52. The van der Waals surface area contributed by atoms with Gasteiger partial charge in [-0.15, -0.1) is 0 Å². The number of rotatable bonds is 5. The summed E-state index contributed by atoms with van der Waals surface area (Å²) in [5.74, 6) is -1.04. The Kier molecular flexibility index (Phi) is 6.19. The number of carbonyl (C=O) groups is 2. The normalized spacial score (nSPS) is 20.3.